The zero-order valence-corrected chi connectivity index (χ0v) is 9.67. The molecular formula is C12H22N2O. The van der Waals surface area contributed by atoms with Gasteiger partial charge in [0.05, 0.1) is 6.54 Å². The van der Waals surface area contributed by atoms with Gasteiger partial charge in [-0.2, -0.15) is 0 Å². The highest BCUT2D eigenvalue weighted by atomic mass is 16.5. The third kappa shape index (κ3) is 3.49. The molecule has 3 nitrogen and oxygen atoms in total. The first-order valence-electron chi connectivity index (χ1n) is 5.70. The van der Waals surface area contributed by atoms with Gasteiger partial charge in [0.2, 0.25) is 0 Å². The van der Waals surface area contributed by atoms with Crippen molar-refractivity contribution in [3.63, 3.8) is 0 Å². The van der Waals surface area contributed by atoms with Crippen LogP contribution in [-0.2, 0) is 4.74 Å². The molecule has 0 atom stereocenters. The zero-order valence-electron chi connectivity index (χ0n) is 9.67. The fraction of sp³-hybridized carbons (Fsp3) is 0.833. The summed E-state index contributed by atoms with van der Waals surface area (Å²) in [5.74, 6) is 2.70. The van der Waals surface area contributed by atoms with Crippen molar-refractivity contribution >= 4 is 0 Å². The number of terminal acetylenes is 1. The second kappa shape index (κ2) is 6.12. The van der Waals surface area contributed by atoms with Crippen molar-refractivity contribution in [2.45, 2.75) is 19.8 Å². The molecule has 1 rings (SSSR count). The molecule has 1 saturated heterocycles. The van der Waals surface area contributed by atoms with Crippen LogP contribution in [0.2, 0.25) is 0 Å². The summed E-state index contributed by atoms with van der Waals surface area (Å²) in [6.07, 6.45) is 7.47. The molecular weight excluding hydrogens is 188 g/mol. The van der Waals surface area contributed by atoms with Gasteiger partial charge in [-0.25, -0.2) is 0 Å². The lowest BCUT2D eigenvalue weighted by Crippen LogP contribution is -2.46. The van der Waals surface area contributed by atoms with Crippen molar-refractivity contribution in [1.82, 2.24) is 4.90 Å². The Morgan fingerprint density at radius 1 is 1.47 bits per heavy atom. The van der Waals surface area contributed by atoms with Crippen molar-refractivity contribution < 1.29 is 4.74 Å². The van der Waals surface area contributed by atoms with Gasteiger partial charge in [-0.05, 0) is 31.3 Å². The summed E-state index contributed by atoms with van der Waals surface area (Å²) in [4.78, 5) is 2.29. The van der Waals surface area contributed by atoms with Gasteiger partial charge in [0.15, 0.2) is 0 Å². The van der Waals surface area contributed by atoms with Crippen molar-refractivity contribution in [3.8, 4) is 12.3 Å². The molecule has 0 saturated carbocycles. The van der Waals surface area contributed by atoms with Gasteiger partial charge in [-0.15, -0.1) is 6.42 Å². The summed E-state index contributed by atoms with van der Waals surface area (Å²) in [5, 5.41) is 0. The van der Waals surface area contributed by atoms with Crippen molar-refractivity contribution in [2.75, 3.05) is 39.4 Å². The molecule has 0 spiro atoms. The maximum Gasteiger partial charge on any atom is 0.0599 e. The van der Waals surface area contributed by atoms with Crippen molar-refractivity contribution in [2.24, 2.45) is 11.1 Å². The summed E-state index contributed by atoms with van der Waals surface area (Å²) in [6.45, 7) is 7.27. The van der Waals surface area contributed by atoms with E-state index in [-0.39, 0.29) is 5.41 Å². The molecule has 1 fully saturated rings. The normalized spacial score (nSPS) is 20.1. The zero-order chi connectivity index (χ0) is 11.1. The highest BCUT2D eigenvalue weighted by molar-refractivity contribution is 4.92. The van der Waals surface area contributed by atoms with Crippen LogP contribution < -0.4 is 5.73 Å². The van der Waals surface area contributed by atoms with E-state index in [2.05, 4.69) is 17.7 Å². The maximum absolute atomic E-state index is 5.90. The van der Waals surface area contributed by atoms with Crippen molar-refractivity contribution in [3.05, 3.63) is 0 Å². The Morgan fingerprint density at radius 3 is 2.60 bits per heavy atom. The van der Waals surface area contributed by atoms with Gasteiger partial charge in [0, 0.05) is 19.8 Å². The lowest BCUT2D eigenvalue weighted by molar-refractivity contribution is 0.00260. The number of nitrogens with two attached hydrogens (primary N) is 1. The summed E-state index contributed by atoms with van der Waals surface area (Å²) in [7, 11) is 0. The van der Waals surface area contributed by atoms with Crippen LogP contribution in [0.3, 0.4) is 0 Å². The molecule has 86 valence electrons. The topological polar surface area (TPSA) is 38.5 Å². The Hall–Kier alpha value is -0.560. The van der Waals surface area contributed by atoms with Crippen LogP contribution in [0.25, 0.3) is 0 Å². The highest BCUT2D eigenvalue weighted by Crippen LogP contribution is 2.30. The first kappa shape index (κ1) is 12.5. The quantitative estimate of drug-likeness (QED) is 0.679. The van der Waals surface area contributed by atoms with E-state index in [1.54, 1.807) is 0 Å². The van der Waals surface area contributed by atoms with Gasteiger partial charge >= 0.3 is 0 Å². The van der Waals surface area contributed by atoms with Crippen molar-refractivity contribution in [1.29, 1.82) is 0 Å². The lowest BCUT2D eigenvalue weighted by Gasteiger charge is -2.39. The van der Waals surface area contributed by atoms with E-state index < -0.39 is 0 Å². The molecule has 3 heteroatoms. The minimum absolute atomic E-state index is 0.227. The Morgan fingerprint density at radius 2 is 2.13 bits per heavy atom. The summed E-state index contributed by atoms with van der Waals surface area (Å²) >= 11 is 0. The number of hydrogen-bond donors (Lipinski definition) is 1. The fourth-order valence-electron chi connectivity index (χ4n) is 2.11. The van der Waals surface area contributed by atoms with E-state index >= 15 is 0 Å². The largest absolute Gasteiger partial charge is 0.381 e. The standard InChI is InChI=1S/C12H22N2O/c1-3-7-14(4-2)11-12(10-13)5-8-15-9-6-12/h1H,4-11,13H2,2H3. The van der Waals surface area contributed by atoms with Gasteiger partial charge < -0.3 is 10.5 Å². The predicted octanol–water partition coefficient (Wildman–Crippen LogP) is 0.697. The molecule has 0 amide bonds. The molecule has 1 aliphatic rings. The molecule has 1 aliphatic heterocycles. The second-order valence-electron chi connectivity index (χ2n) is 4.32. The monoisotopic (exact) mass is 210 g/mol. The van der Waals surface area contributed by atoms with Crippen LogP contribution in [0.15, 0.2) is 0 Å². The summed E-state index contributed by atoms with van der Waals surface area (Å²) < 4.78 is 5.39. The number of hydrogen-bond acceptors (Lipinski definition) is 3. The average Bonchev–Trinajstić information content (AvgIpc) is 2.30. The Labute approximate surface area is 93.0 Å². The molecule has 2 N–H and O–H groups in total. The molecule has 15 heavy (non-hydrogen) atoms. The molecule has 0 aromatic carbocycles. The van der Waals surface area contributed by atoms with Crippen LogP contribution in [0.5, 0.6) is 0 Å². The Bertz CT molecular complexity index is 216. The van der Waals surface area contributed by atoms with E-state index in [0.29, 0.717) is 0 Å². The summed E-state index contributed by atoms with van der Waals surface area (Å²) in [6, 6.07) is 0. The third-order valence-corrected chi connectivity index (χ3v) is 3.31. The average molecular weight is 210 g/mol. The maximum atomic E-state index is 5.90. The molecule has 0 aromatic heterocycles. The Kier molecular flexibility index (Phi) is 5.10. The predicted molar refractivity (Wildman–Crippen MR) is 62.5 cm³/mol. The minimum atomic E-state index is 0.227. The van der Waals surface area contributed by atoms with Crippen LogP contribution >= 0.6 is 0 Å². The minimum Gasteiger partial charge on any atom is -0.381 e. The van der Waals surface area contributed by atoms with Gasteiger partial charge in [-0.1, -0.05) is 12.8 Å². The van der Waals surface area contributed by atoms with Crippen LogP contribution in [0.4, 0.5) is 0 Å². The molecule has 0 aromatic rings. The number of nitrogens with zero attached hydrogens (tertiary/aromatic N) is 1. The van der Waals surface area contributed by atoms with E-state index in [1.807, 2.05) is 0 Å². The van der Waals surface area contributed by atoms with Gasteiger partial charge in [0.25, 0.3) is 0 Å². The van der Waals surface area contributed by atoms with E-state index in [0.717, 1.165) is 52.2 Å². The lowest BCUT2D eigenvalue weighted by atomic mass is 9.80. The first-order chi connectivity index (χ1) is 7.26. The fourth-order valence-corrected chi connectivity index (χ4v) is 2.11. The third-order valence-electron chi connectivity index (χ3n) is 3.31. The smallest absolute Gasteiger partial charge is 0.0599 e. The molecule has 0 aliphatic carbocycles. The highest BCUT2D eigenvalue weighted by Gasteiger charge is 2.32. The number of ether oxygens (including phenoxy) is 1. The van der Waals surface area contributed by atoms with E-state index in [1.165, 1.54) is 0 Å². The van der Waals surface area contributed by atoms with Crippen LogP contribution in [0, 0.1) is 17.8 Å². The summed E-state index contributed by atoms with van der Waals surface area (Å²) in [5.41, 5.74) is 6.13. The molecule has 0 bridgehead atoms. The van der Waals surface area contributed by atoms with Gasteiger partial charge in [-0.3, -0.25) is 4.90 Å². The number of rotatable bonds is 5. The van der Waals surface area contributed by atoms with Crippen LogP contribution in [-0.4, -0.2) is 44.3 Å². The first-order valence-corrected chi connectivity index (χ1v) is 5.70. The molecule has 0 radical (unpaired) electrons. The van der Waals surface area contributed by atoms with E-state index in [4.69, 9.17) is 16.9 Å². The van der Waals surface area contributed by atoms with Gasteiger partial charge in [0.1, 0.15) is 0 Å². The molecule has 1 heterocycles. The van der Waals surface area contributed by atoms with E-state index in [9.17, 15) is 0 Å². The Balaban J connectivity index is 2.53. The molecule has 0 unspecified atom stereocenters. The second-order valence-corrected chi connectivity index (χ2v) is 4.32. The van der Waals surface area contributed by atoms with Crippen LogP contribution in [0.1, 0.15) is 19.8 Å². The SMILES string of the molecule is C#CCN(CC)CC1(CN)CCOCC1.